The molecule has 1 amide bonds. The average Bonchev–Trinajstić information content (AvgIpc) is 3.08. The number of halogens is 1. The zero-order chi connectivity index (χ0) is 14.9. The summed E-state index contributed by atoms with van der Waals surface area (Å²) in [5, 5.41) is 1.05. The van der Waals surface area contributed by atoms with Crippen LogP contribution in [-0.2, 0) is 11.2 Å². The first-order valence-corrected chi connectivity index (χ1v) is 8.24. The monoisotopic (exact) mass is 339 g/mol. The number of aryl methyl sites for hydroxylation is 1. The van der Waals surface area contributed by atoms with E-state index < -0.39 is 0 Å². The summed E-state index contributed by atoms with van der Waals surface area (Å²) in [5.41, 5.74) is 6.92. The summed E-state index contributed by atoms with van der Waals surface area (Å²) in [6, 6.07) is 8.11. The summed E-state index contributed by atoms with van der Waals surface area (Å²) < 4.78 is 1.19. The van der Waals surface area contributed by atoms with E-state index in [1.54, 1.807) is 11.3 Å². The Balaban J connectivity index is 0.00000176. The number of thiazole rings is 1. The Labute approximate surface area is 141 Å². The highest BCUT2D eigenvalue weighted by atomic mass is 35.5. The maximum atomic E-state index is 12.3. The van der Waals surface area contributed by atoms with Crippen molar-refractivity contribution in [1.82, 2.24) is 9.88 Å². The highest BCUT2D eigenvalue weighted by molar-refractivity contribution is 7.18. The van der Waals surface area contributed by atoms with Crippen LogP contribution in [0.3, 0.4) is 0 Å². The van der Waals surface area contributed by atoms with Crippen molar-refractivity contribution < 1.29 is 4.79 Å². The Hall–Kier alpha value is -1.17. The second-order valence-electron chi connectivity index (χ2n) is 6.16. The van der Waals surface area contributed by atoms with Gasteiger partial charge in [0.2, 0.25) is 5.91 Å². The second kappa shape index (κ2) is 6.94. The van der Waals surface area contributed by atoms with Crippen molar-refractivity contribution in [2.45, 2.75) is 26.2 Å². The number of carbonyl (C=O) groups is 1. The van der Waals surface area contributed by atoms with Gasteiger partial charge in [-0.05, 0) is 30.5 Å². The third-order valence-electron chi connectivity index (χ3n) is 4.29. The molecule has 1 atom stereocenters. The van der Waals surface area contributed by atoms with Gasteiger partial charge >= 0.3 is 0 Å². The first-order valence-electron chi connectivity index (χ1n) is 7.42. The van der Waals surface area contributed by atoms with E-state index in [9.17, 15) is 4.79 Å². The van der Waals surface area contributed by atoms with Crippen molar-refractivity contribution >= 4 is 39.9 Å². The Bertz CT molecular complexity index is 627. The van der Waals surface area contributed by atoms with Crippen LogP contribution in [0.4, 0.5) is 0 Å². The molecule has 3 rings (SSSR count). The van der Waals surface area contributed by atoms with Gasteiger partial charge < -0.3 is 10.6 Å². The fraction of sp³-hybridized carbons (Fsp3) is 0.500. The molecule has 1 aromatic carbocycles. The van der Waals surface area contributed by atoms with Gasteiger partial charge in [0, 0.05) is 25.9 Å². The van der Waals surface area contributed by atoms with Crippen LogP contribution in [0.25, 0.3) is 10.2 Å². The Morgan fingerprint density at radius 1 is 1.45 bits per heavy atom. The van der Waals surface area contributed by atoms with E-state index in [-0.39, 0.29) is 23.7 Å². The van der Waals surface area contributed by atoms with Crippen LogP contribution in [0.1, 0.15) is 24.8 Å². The Morgan fingerprint density at radius 3 is 2.91 bits per heavy atom. The predicted molar refractivity (Wildman–Crippen MR) is 93.5 cm³/mol. The minimum absolute atomic E-state index is 0. The van der Waals surface area contributed by atoms with E-state index in [2.05, 4.69) is 18.0 Å². The molecule has 1 fully saturated rings. The first-order chi connectivity index (χ1) is 10.1. The van der Waals surface area contributed by atoms with Crippen molar-refractivity contribution in [3.05, 3.63) is 29.3 Å². The molecule has 1 aromatic heterocycles. The average molecular weight is 340 g/mol. The van der Waals surface area contributed by atoms with E-state index >= 15 is 0 Å². The van der Waals surface area contributed by atoms with Crippen LogP contribution in [0.2, 0.25) is 0 Å². The minimum Gasteiger partial charge on any atom is -0.342 e. The van der Waals surface area contributed by atoms with Crippen molar-refractivity contribution in [3.8, 4) is 0 Å². The van der Waals surface area contributed by atoms with E-state index in [0.29, 0.717) is 13.0 Å². The number of hydrogen-bond acceptors (Lipinski definition) is 4. The SMILES string of the molecule is CC1(CN)CCN(C(=O)CCc2nc3ccccc3s2)C1.Cl. The molecule has 22 heavy (non-hydrogen) atoms. The van der Waals surface area contributed by atoms with Crippen molar-refractivity contribution in [2.24, 2.45) is 11.1 Å². The number of fused-ring (bicyclic) bond motifs is 1. The van der Waals surface area contributed by atoms with Gasteiger partial charge in [-0.15, -0.1) is 23.7 Å². The second-order valence-corrected chi connectivity index (χ2v) is 7.27. The maximum Gasteiger partial charge on any atom is 0.223 e. The number of amides is 1. The highest BCUT2D eigenvalue weighted by Gasteiger charge is 2.34. The van der Waals surface area contributed by atoms with E-state index in [4.69, 9.17) is 5.73 Å². The summed E-state index contributed by atoms with van der Waals surface area (Å²) in [6.07, 6.45) is 2.28. The lowest BCUT2D eigenvalue weighted by Gasteiger charge is -2.22. The van der Waals surface area contributed by atoms with Crippen LogP contribution in [-0.4, -0.2) is 35.4 Å². The lowest BCUT2D eigenvalue weighted by molar-refractivity contribution is -0.130. The van der Waals surface area contributed by atoms with Crippen LogP contribution in [0.15, 0.2) is 24.3 Å². The topological polar surface area (TPSA) is 59.2 Å². The molecule has 4 nitrogen and oxygen atoms in total. The largest absolute Gasteiger partial charge is 0.342 e. The number of rotatable bonds is 4. The molecule has 2 heterocycles. The molecule has 1 aliphatic heterocycles. The zero-order valence-corrected chi connectivity index (χ0v) is 14.4. The molecule has 0 saturated carbocycles. The molecule has 2 aromatic rings. The number of likely N-dealkylation sites (tertiary alicyclic amines) is 1. The first kappa shape index (κ1) is 17.2. The van der Waals surface area contributed by atoms with Gasteiger partial charge in [0.15, 0.2) is 0 Å². The fourth-order valence-electron chi connectivity index (χ4n) is 2.80. The molecule has 1 saturated heterocycles. The molecule has 6 heteroatoms. The molecule has 0 bridgehead atoms. The summed E-state index contributed by atoms with van der Waals surface area (Å²) >= 11 is 1.68. The number of carbonyl (C=O) groups excluding carboxylic acids is 1. The molecule has 0 spiro atoms. The van der Waals surface area contributed by atoms with E-state index in [0.717, 1.165) is 36.5 Å². The summed E-state index contributed by atoms with van der Waals surface area (Å²) in [4.78, 5) is 18.8. The molecule has 1 aliphatic rings. The highest BCUT2D eigenvalue weighted by Crippen LogP contribution is 2.29. The molecule has 0 aliphatic carbocycles. The maximum absolute atomic E-state index is 12.3. The van der Waals surface area contributed by atoms with Gasteiger partial charge in [0.25, 0.3) is 0 Å². The van der Waals surface area contributed by atoms with Crippen molar-refractivity contribution in [1.29, 1.82) is 0 Å². The van der Waals surface area contributed by atoms with E-state index in [1.165, 1.54) is 4.70 Å². The Kier molecular flexibility index (Phi) is 5.42. The molecule has 0 radical (unpaired) electrons. The number of benzene rings is 1. The van der Waals surface area contributed by atoms with Crippen LogP contribution in [0, 0.1) is 5.41 Å². The summed E-state index contributed by atoms with van der Waals surface area (Å²) in [6.45, 7) is 4.44. The number of aromatic nitrogens is 1. The Morgan fingerprint density at radius 2 is 2.23 bits per heavy atom. The third-order valence-corrected chi connectivity index (χ3v) is 5.39. The molecular weight excluding hydrogens is 318 g/mol. The standard InChI is InChI=1S/C16H21N3OS.ClH/c1-16(10-17)8-9-19(11-16)15(20)7-6-14-18-12-4-2-3-5-13(12)21-14;/h2-5H,6-11,17H2,1H3;1H. The molecule has 120 valence electrons. The van der Waals surface area contributed by atoms with Gasteiger partial charge in [0.1, 0.15) is 0 Å². The normalized spacial score (nSPS) is 21.1. The quantitative estimate of drug-likeness (QED) is 0.931. The lowest BCUT2D eigenvalue weighted by Crippen LogP contribution is -2.34. The fourth-order valence-corrected chi connectivity index (χ4v) is 3.77. The van der Waals surface area contributed by atoms with Crippen LogP contribution in [0.5, 0.6) is 0 Å². The third kappa shape index (κ3) is 3.59. The van der Waals surface area contributed by atoms with Gasteiger partial charge in [-0.25, -0.2) is 4.98 Å². The van der Waals surface area contributed by atoms with Crippen molar-refractivity contribution in [3.63, 3.8) is 0 Å². The van der Waals surface area contributed by atoms with Gasteiger partial charge in [-0.3, -0.25) is 4.79 Å². The van der Waals surface area contributed by atoms with E-state index in [1.807, 2.05) is 23.1 Å². The molecular formula is C16H22ClN3OS. The number of nitrogens with zero attached hydrogens (tertiary/aromatic N) is 2. The lowest BCUT2D eigenvalue weighted by atomic mass is 9.90. The summed E-state index contributed by atoms with van der Waals surface area (Å²) in [5.74, 6) is 0.228. The number of hydrogen-bond donors (Lipinski definition) is 1. The smallest absolute Gasteiger partial charge is 0.223 e. The molecule has 2 N–H and O–H groups in total. The van der Waals surface area contributed by atoms with Crippen LogP contribution < -0.4 is 5.73 Å². The summed E-state index contributed by atoms with van der Waals surface area (Å²) in [7, 11) is 0. The number of nitrogens with two attached hydrogens (primary N) is 1. The van der Waals surface area contributed by atoms with Gasteiger partial charge in [0.05, 0.1) is 15.2 Å². The van der Waals surface area contributed by atoms with Crippen molar-refractivity contribution in [2.75, 3.05) is 19.6 Å². The van der Waals surface area contributed by atoms with Gasteiger partial charge in [-0.2, -0.15) is 0 Å². The molecule has 1 unspecified atom stereocenters. The zero-order valence-electron chi connectivity index (χ0n) is 12.7. The van der Waals surface area contributed by atoms with Gasteiger partial charge in [-0.1, -0.05) is 19.1 Å². The van der Waals surface area contributed by atoms with Crippen LogP contribution >= 0.6 is 23.7 Å². The minimum atomic E-state index is 0. The predicted octanol–water partition coefficient (Wildman–Crippen LogP) is 2.85. The number of para-hydroxylation sites is 1.